The standard InChI is InChI=1S/C7H14O7/c8-1-3-4(10)5(11)6(12)7(13,2-9)14-3/h3-6,8-13H,1-2H2/t3-,4-,5+,6-,7-/m1/s1. The van der Waals surface area contributed by atoms with E-state index in [1.54, 1.807) is 0 Å². The number of rotatable bonds is 2. The maximum absolute atomic E-state index is 9.43. The molecule has 5 atom stereocenters. The summed E-state index contributed by atoms with van der Waals surface area (Å²) in [4.78, 5) is 0. The smallest absolute Gasteiger partial charge is 0.219 e. The van der Waals surface area contributed by atoms with Crippen molar-refractivity contribution in [1.29, 1.82) is 0 Å². The second-order valence-corrected chi connectivity index (χ2v) is 3.27. The molecule has 0 saturated carbocycles. The summed E-state index contributed by atoms with van der Waals surface area (Å²) in [6.07, 6.45) is -6.27. The van der Waals surface area contributed by atoms with Gasteiger partial charge in [0.2, 0.25) is 5.79 Å². The third-order valence-corrected chi connectivity index (χ3v) is 2.28. The number of hydrogen-bond donors (Lipinski definition) is 6. The summed E-state index contributed by atoms with van der Waals surface area (Å²) < 4.78 is 4.66. The van der Waals surface area contributed by atoms with Gasteiger partial charge in [0.15, 0.2) is 0 Å². The molecule has 1 fully saturated rings. The Morgan fingerprint density at radius 1 is 1.07 bits per heavy atom. The van der Waals surface area contributed by atoms with Gasteiger partial charge in [-0.3, -0.25) is 0 Å². The third-order valence-electron chi connectivity index (χ3n) is 2.28. The van der Waals surface area contributed by atoms with Crippen molar-refractivity contribution in [2.45, 2.75) is 30.2 Å². The molecule has 7 heteroatoms. The minimum atomic E-state index is -2.36. The Balaban J connectivity index is 2.84. The van der Waals surface area contributed by atoms with E-state index < -0.39 is 43.4 Å². The summed E-state index contributed by atoms with van der Waals surface area (Å²) in [5.41, 5.74) is 0. The molecule has 0 spiro atoms. The predicted molar refractivity (Wildman–Crippen MR) is 42.0 cm³/mol. The molecule has 0 aliphatic carbocycles. The quantitative estimate of drug-likeness (QED) is 0.275. The molecule has 0 unspecified atom stereocenters. The molecule has 0 radical (unpaired) electrons. The molecule has 1 aliphatic rings. The van der Waals surface area contributed by atoms with E-state index in [9.17, 15) is 20.4 Å². The van der Waals surface area contributed by atoms with Crippen LogP contribution in [0.4, 0.5) is 0 Å². The van der Waals surface area contributed by atoms with Crippen LogP contribution < -0.4 is 0 Å². The predicted octanol–water partition coefficient (Wildman–Crippen LogP) is -3.86. The summed E-state index contributed by atoms with van der Waals surface area (Å²) in [7, 11) is 0. The minimum absolute atomic E-state index is 0.646. The van der Waals surface area contributed by atoms with E-state index in [0.29, 0.717) is 0 Å². The van der Waals surface area contributed by atoms with E-state index in [0.717, 1.165) is 0 Å². The summed E-state index contributed by atoms with van der Waals surface area (Å²) in [6, 6.07) is 0. The molecule has 0 amide bonds. The number of ether oxygens (including phenoxy) is 1. The normalized spacial score (nSPS) is 49.3. The van der Waals surface area contributed by atoms with Crippen LogP contribution in [0.5, 0.6) is 0 Å². The van der Waals surface area contributed by atoms with Crippen molar-refractivity contribution in [3.63, 3.8) is 0 Å². The maximum atomic E-state index is 9.43. The van der Waals surface area contributed by atoms with Gasteiger partial charge < -0.3 is 35.4 Å². The largest absolute Gasteiger partial charge is 0.394 e. The Bertz CT molecular complexity index is 196. The number of hydrogen-bond acceptors (Lipinski definition) is 7. The van der Waals surface area contributed by atoms with E-state index in [1.807, 2.05) is 0 Å². The summed E-state index contributed by atoms with van der Waals surface area (Å²) >= 11 is 0. The average molecular weight is 210 g/mol. The van der Waals surface area contributed by atoms with Crippen LogP contribution in [0.1, 0.15) is 0 Å². The Labute approximate surface area is 79.8 Å². The zero-order valence-corrected chi connectivity index (χ0v) is 7.32. The number of aliphatic hydroxyl groups excluding tert-OH is 5. The summed E-state index contributed by atoms with van der Waals surface area (Å²) in [5.74, 6) is -2.36. The molecule has 1 aliphatic heterocycles. The molecule has 1 rings (SSSR count). The lowest BCUT2D eigenvalue weighted by molar-refractivity contribution is -0.357. The van der Waals surface area contributed by atoms with Crippen LogP contribution in [0.3, 0.4) is 0 Å². The molecular weight excluding hydrogens is 196 g/mol. The Morgan fingerprint density at radius 2 is 1.64 bits per heavy atom. The minimum Gasteiger partial charge on any atom is -0.394 e. The second kappa shape index (κ2) is 4.07. The van der Waals surface area contributed by atoms with Crippen LogP contribution in [0.2, 0.25) is 0 Å². The number of aliphatic hydroxyl groups is 6. The molecule has 0 aromatic heterocycles. The molecule has 84 valence electrons. The fourth-order valence-electron chi connectivity index (χ4n) is 1.35. The van der Waals surface area contributed by atoms with Crippen LogP contribution in [0.15, 0.2) is 0 Å². The third kappa shape index (κ3) is 1.75. The molecule has 0 aromatic rings. The average Bonchev–Trinajstić information content (AvgIpc) is 2.20. The SMILES string of the molecule is OC[C@H]1O[C@](O)(CO)[C@H](O)[C@@H](O)[C@@H]1O. The van der Waals surface area contributed by atoms with Gasteiger partial charge in [-0.15, -0.1) is 0 Å². The fraction of sp³-hybridized carbons (Fsp3) is 1.00. The van der Waals surface area contributed by atoms with Crippen molar-refractivity contribution < 1.29 is 35.4 Å². The van der Waals surface area contributed by atoms with Gasteiger partial charge in [0.1, 0.15) is 24.4 Å². The molecular formula is C7H14O7. The molecule has 14 heavy (non-hydrogen) atoms. The van der Waals surface area contributed by atoms with Crippen molar-refractivity contribution in [2.75, 3.05) is 13.2 Å². The molecule has 1 saturated heterocycles. The van der Waals surface area contributed by atoms with Gasteiger partial charge in [0.25, 0.3) is 0 Å². The second-order valence-electron chi connectivity index (χ2n) is 3.27. The lowest BCUT2D eigenvalue weighted by Crippen LogP contribution is -2.66. The van der Waals surface area contributed by atoms with Crippen molar-refractivity contribution >= 4 is 0 Å². The van der Waals surface area contributed by atoms with Crippen LogP contribution in [-0.2, 0) is 4.74 Å². The van der Waals surface area contributed by atoms with Crippen molar-refractivity contribution in [1.82, 2.24) is 0 Å². The maximum Gasteiger partial charge on any atom is 0.219 e. The zero-order chi connectivity index (χ0) is 10.9. The van der Waals surface area contributed by atoms with Gasteiger partial charge in [0.05, 0.1) is 13.2 Å². The van der Waals surface area contributed by atoms with E-state index in [4.69, 9.17) is 10.2 Å². The first-order valence-corrected chi connectivity index (χ1v) is 4.12. The van der Waals surface area contributed by atoms with Crippen molar-refractivity contribution in [3.8, 4) is 0 Å². The van der Waals surface area contributed by atoms with Gasteiger partial charge in [0, 0.05) is 0 Å². The van der Waals surface area contributed by atoms with Gasteiger partial charge in [-0.05, 0) is 0 Å². The zero-order valence-electron chi connectivity index (χ0n) is 7.32. The Kier molecular flexibility index (Phi) is 3.43. The first-order valence-electron chi connectivity index (χ1n) is 4.12. The Hall–Kier alpha value is -0.280. The lowest BCUT2D eigenvalue weighted by atomic mass is 9.93. The van der Waals surface area contributed by atoms with Crippen molar-refractivity contribution in [3.05, 3.63) is 0 Å². The summed E-state index contributed by atoms with van der Waals surface area (Å²) in [5, 5.41) is 54.6. The lowest BCUT2D eigenvalue weighted by Gasteiger charge is -2.44. The highest BCUT2D eigenvalue weighted by atomic mass is 16.7. The topological polar surface area (TPSA) is 131 Å². The molecule has 7 nitrogen and oxygen atoms in total. The van der Waals surface area contributed by atoms with E-state index in [2.05, 4.69) is 4.74 Å². The molecule has 1 heterocycles. The van der Waals surface area contributed by atoms with Gasteiger partial charge >= 0.3 is 0 Å². The van der Waals surface area contributed by atoms with E-state index in [1.165, 1.54) is 0 Å². The molecule has 0 aromatic carbocycles. The Morgan fingerprint density at radius 3 is 2.07 bits per heavy atom. The van der Waals surface area contributed by atoms with Gasteiger partial charge in [-0.1, -0.05) is 0 Å². The van der Waals surface area contributed by atoms with Gasteiger partial charge in [-0.25, -0.2) is 0 Å². The monoisotopic (exact) mass is 210 g/mol. The van der Waals surface area contributed by atoms with Crippen LogP contribution in [-0.4, -0.2) is 74.1 Å². The van der Waals surface area contributed by atoms with Crippen LogP contribution >= 0.6 is 0 Å². The van der Waals surface area contributed by atoms with Crippen LogP contribution in [0.25, 0.3) is 0 Å². The fourth-order valence-corrected chi connectivity index (χ4v) is 1.35. The summed E-state index contributed by atoms with van der Waals surface area (Å²) in [6.45, 7) is -1.60. The van der Waals surface area contributed by atoms with Gasteiger partial charge in [-0.2, -0.15) is 0 Å². The molecule has 6 N–H and O–H groups in total. The highest BCUT2D eigenvalue weighted by Gasteiger charge is 2.52. The first-order chi connectivity index (χ1) is 6.46. The van der Waals surface area contributed by atoms with Crippen molar-refractivity contribution in [2.24, 2.45) is 0 Å². The van der Waals surface area contributed by atoms with E-state index in [-0.39, 0.29) is 0 Å². The van der Waals surface area contributed by atoms with E-state index >= 15 is 0 Å². The molecule has 0 bridgehead atoms. The highest BCUT2D eigenvalue weighted by Crippen LogP contribution is 2.27. The van der Waals surface area contributed by atoms with Crippen LogP contribution in [0, 0.1) is 0 Å². The highest BCUT2D eigenvalue weighted by molar-refractivity contribution is 4.95. The first kappa shape index (κ1) is 11.8.